The lowest BCUT2D eigenvalue weighted by Crippen LogP contribution is -2.26. The van der Waals surface area contributed by atoms with Gasteiger partial charge in [-0.1, -0.05) is 30.7 Å². The van der Waals surface area contributed by atoms with Gasteiger partial charge in [-0.3, -0.25) is 9.59 Å². The van der Waals surface area contributed by atoms with Crippen molar-refractivity contribution in [3.8, 4) is 22.6 Å². The fourth-order valence-electron chi connectivity index (χ4n) is 4.63. The minimum atomic E-state index is -0.197. The molecule has 1 aliphatic carbocycles. The molecule has 1 aliphatic rings. The first-order chi connectivity index (χ1) is 17.9. The Morgan fingerprint density at radius 3 is 2.05 bits per heavy atom. The van der Waals surface area contributed by atoms with Crippen LogP contribution < -0.4 is 10.6 Å². The number of anilines is 2. The number of benzene rings is 3. The Bertz CT molecular complexity index is 1370. The van der Waals surface area contributed by atoms with Gasteiger partial charge in [-0.2, -0.15) is 0 Å². The molecular formula is C30H29ClN4O2. The average molecular weight is 513 g/mol. The van der Waals surface area contributed by atoms with Gasteiger partial charge in [0, 0.05) is 33.4 Å². The minimum absolute atomic E-state index is 0.114. The van der Waals surface area contributed by atoms with Crippen LogP contribution in [0.25, 0.3) is 22.6 Å². The smallest absolute Gasteiger partial charge is 0.255 e. The van der Waals surface area contributed by atoms with Crippen molar-refractivity contribution in [2.45, 2.75) is 32.6 Å². The summed E-state index contributed by atoms with van der Waals surface area (Å²) in [6.07, 6.45) is 5.98. The lowest BCUT2D eigenvalue weighted by atomic mass is 9.82. The van der Waals surface area contributed by atoms with Crippen molar-refractivity contribution >= 4 is 34.8 Å². The molecule has 4 aromatic rings. The summed E-state index contributed by atoms with van der Waals surface area (Å²) in [6, 6.07) is 22.1. The van der Waals surface area contributed by atoms with E-state index in [9.17, 15) is 9.59 Å². The zero-order valence-electron chi connectivity index (χ0n) is 20.6. The number of imidazole rings is 1. The highest BCUT2D eigenvalue weighted by atomic mass is 35.5. The molecule has 0 spiro atoms. The molecule has 0 unspecified atom stereocenters. The van der Waals surface area contributed by atoms with E-state index < -0.39 is 0 Å². The summed E-state index contributed by atoms with van der Waals surface area (Å²) < 4.78 is 0. The first-order valence-corrected chi connectivity index (χ1v) is 13.0. The molecule has 0 saturated heterocycles. The number of aromatic amines is 1. The highest BCUT2D eigenvalue weighted by molar-refractivity contribution is 6.30. The van der Waals surface area contributed by atoms with Gasteiger partial charge in [0.15, 0.2) is 0 Å². The second-order valence-corrected chi connectivity index (χ2v) is 10.1. The van der Waals surface area contributed by atoms with E-state index in [1.54, 1.807) is 30.5 Å². The summed E-state index contributed by atoms with van der Waals surface area (Å²) in [6.45, 7) is 2.26. The Morgan fingerprint density at radius 1 is 0.811 bits per heavy atom. The topological polar surface area (TPSA) is 86.9 Å². The summed E-state index contributed by atoms with van der Waals surface area (Å²) in [5.41, 5.74) is 4.81. The maximum absolute atomic E-state index is 12.6. The van der Waals surface area contributed by atoms with Crippen molar-refractivity contribution < 1.29 is 9.59 Å². The predicted octanol–water partition coefficient (Wildman–Crippen LogP) is 7.41. The molecule has 37 heavy (non-hydrogen) atoms. The first kappa shape index (κ1) is 24.8. The van der Waals surface area contributed by atoms with Gasteiger partial charge in [0.2, 0.25) is 5.91 Å². The van der Waals surface area contributed by atoms with Crippen LogP contribution in [0.15, 0.2) is 79.0 Å². The van der Waals surface area contributed by atoms with Crippen LogP contribution in [0.4, 0.5) is 11.4 Å². The van der Waals surface area contributed by atoms with Gasteiger partial charge in [-0.25, -0.2) is 4.98 Å². The molecule has 1 heterocycles. The van der Waals surface area contributed by atoms with Gasteiger partial charge >= 0.3 is 0 Å². The molecule has 1 fully saturated rings. The van der Waals surface area contributed by atoms with Gasteiger partial charge in [-0.15, -0.1) is 0 Å². The highest BCUT2D eigenvalue weighted by Crippen LogP contribution is 2.30. The van der Waals surface area contributed by atoms with Gasteiger partial charge < -0.3 is 15.6 Å². The van der Waals surface area contributed by atoms with Crippen molar-refractivity contribution in [2.75, 3.05) is 10.6 Å². The molecule has 0 aliphatic heterocycles. The van der Waals surface area contributed by atoms with Gasteiger partial charge in [0.05, 0.1) is 11.9 Å². The van der Waals surface area contributed by atoms with Crippen molar-refractivity contribution in [1.29, 1.82) is 0 Å². The molecule has 1 aromatic heterocycles. The number of nitrogens with zero attached hydrogens (tertiary/aromatic N) is 1. The van der Waals surface area contributed by atoms with Crippen LogP contribution in [0.1, 0.15) is 43.0 Å². The monoisotopic (exact) mass is 512 g/mol. The zero-order valence-corrected chi connectivity index (χ0v) is 21.4. The fourth-order valence-corrected chi connectivity index (χ4v) is 4.76. The van der Waals surface area contributed by atoms with E-state index >= 15 is 0 Å². The normalized spacial score (nSPS) is 17.2. The van der Waals surface area contributed by atoms with Crippen LogP contribution in [-0.2, 0) is 4.79 Å². The third-order valence-corrected chi connectivity index (χ3v) is 7.20. The van der Waals surface area contributed by atoms with E-state index in [1.165, 1.54) is 0 Å². The average Bonchev–Trinajstić information content (AvgIpc) is 3.41. The Labute approximate surface area is 221 Å². The van der Waals surface area contributed by atoms with Crippen molar-refractivity contribution in [3.63, 3.8) is 0 Å². The van der Waals surface area contributed by atoms with Crippen LogP contribution in [0, 0.1) is 11.8 Å². The number of carbonyl (C=O) groups excluding carboxylic acids is 2. The molecule has 6 nitrogen and oxygen atoms in total. The predicted molar refractivity (Wildman–Crippen MR) is 149 cm³/mol. The molecule has 1 saturated carbocycles. The number of H-pyrrole nitrogens is 1. The molecule has 3 N–H and O–H groups in total. The molecule has 188 valence electrons. The highest BCUT2D eigenvalue weighted by Gasteiger charge is 2.24. The fraction of sp³-hybridized carbons (Fsp3) is 0.233. The molecule has 5 rings (SSSR count). The quantitative estimate of drug-likeness (QED) is 0.251. The lowest BCUT2D eigenvalue weighted by Gasteiger charge is -2.25. The van der Waals surface area contributed by atoms with Gasteiger partial charge in [0.25, 0.3) is 5.91 Å². The molecule has 2 amide bonds. The van der Waals surface area contributed by atoms with E-state index in [2.05, 4.69) is 27.5 Å². The number of carbonyl (C=O) groups is 2. The third kappa shape index (κ3) is 6.09. The van der Waals surface area contributed by atoms with Crippen molar-refractivity contribution in [1.82, 2.24) is 9.97 Å². The number of hydrogen-bond acceptors (Lipinski definition) is 3. The number of rotatable bonds is 6. The Hall–Kier alpha value is -3.90. The second-order valence-electron chi connectivity index (χ2n) is 9.71. The Morgan fingerprint density at radius 2 is 1.41 bits per heavy atom. The molecule has 3 aromatic carbocycles. The number of halogens is 1. The standard InChI is InChI=1S/C30H29ClN4O2/c1-19-2-4-22(5-3-19)29(36)33-25-14-8-20(9-15-25)27-18-32-28(35-27)21-10-16-26(17-11-21)34-30(37)23-6-12-24(31)13-7-23/h6-19,22H,2-5H2,1H3,(H,32,35)(H,33,36)(H,34,37). The van der Waals surface area contributed by atoms with E-state index in [4.69, 9.17) is 11.6 Å². The van der Waals surface area contributed by atoms with E-state index in [-0.39, 0.29) is 17.7 Å². The van der Waals surface area contributed by atoms with Crippen LogP contribution in [0.3, 0.4) is 0 Å². The van der Waals surface area contributed by atoms with Crippen LogP contribution in [0.5, 0.6) is 0 Å². The van der Waals surface area contributed by atoms with E-state index in [0.717, 1.165) is 59.9 Å². The summed E-state index contributed by atoms with van der Waals surface area (Å²) in [7, 11) is 0. The minimum Gasteiger partial charge on any atom is -0.338 e. The maximum Gasteiger partial charge on any atom is 0.255 e. The molecule has 0 atom stereocenters. The number of nitrogens with one attached hydrogen (secondary N) is 3. The molecule has 0 bridgehead atoms. The SMILES string of the molecule is CC1CCC(C(=O)Nc2ccc(-c3cnc(-c4ccc(NC(=O)c5ccc(Cl)cc5)cc4)[nH]3)cc2)CC1. The molecule has 0 radical (unpaired) electrons. The van der Waals surface area contributed by atoms with Crippen LogP contribution in [-0.4, -0.2) is 21.8 Å². The van der Waals surface area contributed by atoms with E-state index in [1.807, 2.05) is 48.5 Å². The summed E-state index contributed by atoms with van der Waals surface area (Å²) in [5.74, 6) is 1.49. The second kappa shape index (κ2) is 11.0. The Kier molecular flexibility index (Phi) is 7.37. The molecular weight excluding hydrogens is 484 g/mol. The number of amides is 2. The summed E-state index contributed by atoms with van der Waals surface area (Å²) in [5, 5.41) is 6.54. The third-order valence-electron chi connectivity index (χ3n) is 6.95. The number of aromatic nitrogens is 2. The Balaban J connectivity index is 1.20. The lowest BCUT2D eigenvalue weighted by molar-refractivity contribution is -0.121. The van der Waals surface area contributed by atoms with Crippen LogP contribution >= 0.6 is 11.6 Å². The van der Waals surface area contributed by atoms with Gasteiger partial charge in [0.1, 0.15) is 5.82 Å². The van der Waals surface area contributed by atoms with Gasteiger partial charge in [-0.05, 0) is 97.8 Å². The van der Waals surface area contributed by atoms with Crippen LogP contribution in [0.2, 0.25) is 5.02 Å². The molecule has 7 heteroatoms. The van der Waals surface area contributed by atoms with Crippen molar-refractivity contribution in [3.05, 3.63) is 89.6 Å². The summed E-state index contributed by atoms with van der Waals surface area (Å²) in [4.78, 5) is 32.9. The van der Waals surface area contributed by atoms with Crippen molar-refractivity contribution in [2.24, 2.45) is 11.8 Å². The van der Waals surface area contributed by atoms with E-state index in [0.29, 0.717) is 16.3 Å². The number of hydrogen-bond donors (Lipinski definition) is 3. The summed E-state index contributed by atoms with van der Waals surface area (Å²) >= 11 is 5.89. The largest absolute Gasteiger partial charge is 0.338 e. The maximum atomic E-state index is 12.6. The zero-order chi connectivity index (χ0) is 25.8. The first-order valence-electron chi connectivity index (χ1n) is 12.6.